The molecule has 0 bridgehead atoms. The fourth-order valence-corrected chi connectivity index (χ4v) is 2.60. The average Bonchev–Trinajstić information content (AvgIpc) is 2.62. The minimum atomic E-state index is -2.85. The van der Waals surface area contributed by atoms with Crippen molar-refractivity contribution in [1.82, 2.24) is 9.80 Å². The molecule has 1 rings (SSSR count). The minimum absolute atomic E-state index is 0.177. The minimum Gasteiger partial charge on any atom is -0.395 e. The number of nitrogens with zero attached hydrogens (tertiary/aromatic N) is 2. The maximum atomic E-state index is 11.0. The first-order valence-electron chi connectivity index (χ1n) is 5.63. The second-order valence-corrected chi connectivity index (χ2v) is 6.84. The van der Waals surface area contributed by atoms with Crippen LogP contribution in [0.2, 0.25) is 0 Å². The van der Waals surface area contributed by atoms with Gasteiger partial charge < -0.3 is 10.0 Å². The van der Waals surface area contributed by atoms with Crippen molar-refractivity contribution < 1.29 is 13.5 Å². The molecule has 1 aliphatic rings. The van der Waals surface area contributed by atoms with Crippen molar-refractivity contribution in [2.24, 2.45) is 0 Å². The first kappa shape index (κ1) is 13.9. The summed E-state index contributed by atoms with van der Waals surface area (Å²) in [5, 5.41) is 8.84. The molecular weight excluding hydrogens is 228 g/mol. The van der Waals surface area contributed by atoms with Crippen molar-refractivity contribution in [3.63, 3.8) is 0 Å². The van der Waals surface area contributed by atoms with Crippen molar-refractivity contribution in [1.29, 1.82) is 0 Å². The molecule has 0 spiro atoms. The van der Waals surface area contributed by atoms with Gasteiger partial charge in [0.2, 0.25) is 0 Å². The Balaban J connectivity index is 2.30. The molecule has 1 unspecified atom stereocenters. The van der Waals surface area contributed by atoms with E-state index in [2.05, 4.69) is 9.80 Å². The lowest BCUT2D eigenvalue weighted by atomic mass is 10.2. The Kier molecular flexibility index (Phi) is 5.17. The molecule has 1 N–H and O–H groups in total. The molecular formula is C10H22N2O3S. The van der Waals surface area contributed by atoms with E-state index in [1.54, 1.807) is 0 Å². The summed E-state index contributed by atoms with van der Waals surface area (Å²) in [6, 6.07) is 0.451. The van der Waals surface area contributed by atoms with E-state index in [1.807, 2.05) is 7.05 Å². The average molecular weight is 250 g/mol. The number of hydrogen-bond donors (Lipinski definition) is 1. The molecule has 1 aliphatic heterocycles. The Morgan fingerprint density at radius 1 is 1.50 bits per heavy atom. The van der Waals surface area contributed by atoms with Crippen LogP contribution in [0.15, 0.2) is 0 Å². The standard InChI is InChI=1S/C10H22N2O3S/c1-11(5-7-13)10-3-4-12(9-10)6-8-16(2,14)15/h10,13H,3-9H2,1-2H3. The zero-order chi connectivity index (χ0) is 12.2. The van der Waals surface area contributed by atoms with Gasteiger partial charge in [-0.3, -0.25) is 4.90 Å². The number of aliphatic hydroxyl groups is 1. The van der Waals surface area contributed by atoms with Gasteiger partial charge in [0.15, 0.2) is 0 Å². The number of hydrogen-bond acceptors (Lipinski definition) is 5. The van der Waals surface area contributed by atoms with Gasteiger partial charge in [0.1, 0.15) is 9.84 Å². The third kappa shape index (κ3) is 4.78. The Labute approximate surface area is 98.0 Å². The molecule has 0 saturated carbocycles. The van der Waals surface area contributed by atoms with Gasteiger partial charge in [-0.05, 0) is 20.0 Å². The van der Waals surface area contributed by atoms with Crippen molar-refractivity contribution >= 4 is 9.84 Å². The van der Waals surface area contributed by atoms with Gasteiger partial charge in [0, 0.05) is 31.9 Å². The Morgan fingerprint density at radius 2 is 2.19 bits per heavy atom. The van der Waals surface area contributed by atoms with E-state index < -0.39 is 9.84 Å². The van der Waals surface area contributed by atoms with Crippen LogP contribution >= 0.6 is 0 Å². The Morgan fingerprint density at radius 3 is 2.75 bits per heavy atom. The van der Waals surface area contributed by atoms with E-state index in [0.717, 1.165) is 19.5 Å². The molecule has 1 atom stereocenters. The summed E-state index contributed by atoms with van der Waals surface area (Å²) < 4.78 is 22.1. The van der Waals surface area contributed by atoms with E-state index >= 15 is 0 Å². The number of aliphatic hydroxyl groups excluding tert-OH is 1. The first-order valence-corrected chi connectivity index (χ1v) is 7.69. The highest BCUT2D eigenvalue weighted by Crippen LogP contribution is 2.13. The van der Waals surface area contributed by atoms with Crippen molar-refractivity contribution in [2.45, 2.75) is 12.5 Å². The molecule has 16 heavy (non-hydrogen) atoms. The van der Waals surface area contributed by atoms with Gasteiger partial charge >= 0.3 is 0 Å². The van der Waals surface area contributed by atoms with Crippen molar-refractivity contribution in [2.75, 3.05) is 51.8 Å². The van der Waals surface area contributed by atoms with Gasteiger partial charge in [-0.25, -0.2) is 8.42 Å². The molecule has 1 saturated heterocycles. The van der Waals surface area contributed by atoms with Crippen molar-refractivity contribution in [3.8, 4) is 0 Å². The molecule has 5 nitrogen and oxygen atoms in total. The fraction of sp³-hybridized carbons (Fsp3) is 1.00. The summed E-state index contributed by atoms with van der Waals surface area (Å²) in [5.41, 5.74) is 0. The van der Waals surface area contributed by atoms with Crippen LogP contribution < -0.4 is 0 Å². The van der Waals surface area contributed by atoms with Crippen LogP contribution in [0.1, 0.15) is 6.42 Å². The van der Waals surface area contributed by atoms with Crippen LogP contribution in [0.3, 0.4) is 0 Å². The molecule has 0 radical (unpaired) electrons. The summed E-state index contributed by atoms with van der Waals surface area (Å²) in [6.45, 7) is 3.35. The highest BCUT2D eigenvalue weighted by atomic mass is 32.2. The van der Waals surface area contributed by atoms with Crippen LogP contribution in [-0.2, 0) is 9.84 Å². The lowest BCUT2D eigenvalue weighted by Crippen LogP contribution is -2.37. The van der Waals surface area contributed by atoms with Gasteiger partial charge in [-0.1, -0.05) is 0 Å². The number of sulfone groups is 1. The highest BCUT2D eigenvalue weighted by Gasteiger charge is 2.25. The molecule has 96 valence electrons. The second-order valence-electron chi connectivity index (χ2n) is 4.58. The molecule has 0 aromatic rings. The first-order chi connectivity index (χ1) is 7.42. The predicted octanol–water partition coefficient (Wildman–Crippen LogP) is -0.971. The zero-order valence-corrected chi connectivity index (χ0v) is 10.9. The van der Waals surface area contributed by atoms with E-state index in [-0.39, 0.29) is 12.4 Å². The Hall–Kier alpha value is -0.170. The number of rotatable bonds is 6. The van der Waals surface area contributed by atoms with Gasteiger partial charge in [-0.15, -0.1) is 0 Å². The number of likely N-dealkylation sites (tertiary alicyclic amines) is 1. The van der Waals surface area contributed by atoms with E-state index in [9.17, 15) is 8.42 Å². The lowest BCUT2D eigenvalue weighted by molar-refractivity contribution is 0.179. The fourth-order valence-electron chi connectivity index (χ4n) is 2.01. The van der Waals surface area contributed by atoms with E-state index in [0.29, 0.717) is 19.1 Å². The molecule has 0 aromatic heterocycles. The van der Waals surface area contributed by atoms with Crippen LogP contribution in [0.25, 0.3) is 0 Å². The maximum absolute atomic E-state index is 11.0. The highest BCUT2D eigenvalue weighted by molar-refractivity contribution is 7.90. The zero-order valence-electron chi connectivity index (χ0n) is 10.1. The summed E-state index contributed by atoms with van der Waals surface area (Å²) in [7, 11) is -0.854. The second kappa shape index (κ2) is 5.95. The topological polar surface area (TPSA) is 60.9 Å². The maximum Gasteiger partial charge on any atom is 0.148 e. The molecule has 0 aromatic carbocycles. The predicted molar refractivity (Wildman–Crippen MR) is 64.3 cm³/mol. The van der Waals surface area contributed by atoms with Crippen LogP contribution in [0, 0.1) is 0 Å². The largest absolute Gasteiger partial charge is 0.395 e. The quantitative estimate of drug-likeness (QED) is 0.657. The van der Waals surface area contributed by atoms with E-state index in [1.165, 1.54) is 6.26 Å². The molecule has 1 fully saturated rings. The molecule has 0 amide bonds. The number of likely N-dealkylation sites (N-methyl/N-ethyl adjacent to an activating group) is 1. The van der Waals surface area contributed by atoms with Gasteiger partial charge in [-0.2, -0.15) is 0 Å². The van der Waals surface area contributed by atoms with E-state index in [4.69, 9.17) is 5.11 Å². The third-order valence-electron chi connectivity index (χ3n) is 3.10. The SMILES string of the molecule is CN(CCO)C1CCN(CCS(C)(=O)=O)C1. The van der Waals surface area contributed by atoms with Crippen LogP contribution in [-0.4, -0.2) is 81.2 Å². The smallest absolute Gasteiger partial charge is 0.148 e. The van der Waals surface area contributed by atoms with Crippen LogP contribution in [0.4, 0.5) is 0 Å². The summed E-state index contributed by atoms with van der Waals surface area (Å²) in [4.78, 5) is 4.32. The summed E-state index contributed by atoms with van der Waals surface area (Å²) >= 11 is 0. The van der Waals surface area contributed by atoms with Gasteiger partial charge in [0.05, 0.1) is 12.4 Å². The lowest BCUT2D eigenvalue weighted by Gasteiger charge is -2.23. The summed E-state index contributed by atoms with van der Waals surface area (Å²) in [6.07, 6.45) is 2.33. The molecule has 6 heteroatoms. The molecule has 0 aliphatic carbocycles. The summed E-state index contributed by atoms with van der Waals surface area (Å²) in [5.74, 6) is 0.240. The normalized spacial score (nSPS) is 23.1. The monoisotopic (exact) mass is 250 g/mol. The van der Waals surface area contributed by atoms with Crippen LogP contribution in [0.5, 0.6) is 0 Å². The Bertz CT molecular complexity index is 305. The van der Waals surface area contributed by atoms with Crippen molar-refractivity contribution in [3.05, 3.63) is 0 Å². The third-order valence-corrected chi connectivity index (χ3v) is 4.03. The molecule has 1 heterocycles. The van der Waals surface area contributed by atoms with Gasteiger partial charge in [0.25, 0.3) is 0 Å².